The summed E-state index contributed by atoms with van der Waals surface area (Å²) in [6, 6.07) is 6.53. The lowest BCUT2D eigenvalue weighted by Crippen LogP contribution is -2.42. The quantitative estimate of drug-likeness (QED) is 0.625. The van der Waals surface area contributed by atoms with Crippen LogP contribution < -0.4 is 15.5 Å². The Morgan fingerprint density at radius 3 is 2.86 bits per heavy atom. The van der Waals surface area contributed by atoms with Crippen LogP contribution in [-0.2, 0) is 6.54 Å². The molecule has 0 atom stereocenters. The maximum Gasteiger partial charge on any atom is 0.183 e. The number of nitrogens with one attached hydrogen (secondary N) is 3. The molecule has 0 spiro atoms. The second-order valence-corrected chi connectivity index (χ2v) is 6.70. The average molecular weight is 398 g/mol. The number of hydrogen-bond acceptors (Lipinski definition) is 6. The minimum Gasteiger partial charge on any atom is -0.386 e. The van der Waals surface area contributed by atoms with Gasteiger partial charge in [-0.1, -0.05) is 31.7 Å². The number of halogens is 2. The Labute approximate surface area is 168 Å². The summed E-state index contributed by atoms with van der Waals surface area (Å²) in [6.07, 6.45) is 3.29. The first-order valence-corrected chi connectivity index (χ1v) is 9.43. The van der Waals surface area contributed by atoms with Crippen LogP contribution in [0.2, 0.25) is 0 Å². The van der Waals surface area contributed by atoms with Crippen molar-refractivity contribution in [2.45, 2.75) is 19.9 Å². The topological polar surface area (TPSA) is 76.9 Å². The van der Waals surface area contributed by atoms with E-state index in [0.29, 0.717) is 38.2 Å². The van der Waals surface area contributed by atoms with E-state index in [0.717, 1.165) is 17.6 Å². The molecule has 0 saturated carbocycles. The van der Waals surface area contributed by atoms with Crippen molar-refractivity contribution in [1.29, 1.82) is 5.41 Å². The highest BCUT2D eigenvalue weighted by molar-refractivity contribution is 6.04. The summed E-state index contributed by atoms with van der Waals surface area (Å²) in [5.74, 6) is -0.527. The van der Waals surface area contributed by atoms with E-state index < -0.39 is 5.82 Å². The Morgan fingerprint density at radius 2 is 2.14 bits per heavy atom. The van der Waals surface area contributed by atoms with E-state index in [1.165, 1.54) is 6.07 Å². The first-order valence-electron chi connectivity index (χ1n) is 9.43. The van der Waals surface area contributed by atoms with Gasteiger partial charge in [0.15, 0.2) is 17.5 Å². The van der Waals surface area contributed by atoms with Crippen LogP contribution >= 0.6 is 0 Å². The van der Waals surface area contributed by atoms with Gasteiger partial charge in [0.05, 0.1) is 12.7 Å². The number of aromatic nitrogens is 2. The maximum absolute atomic E-state index is 14.3. The number of allylic oxidation sites excluding steroid dienone is 2. The third-order valence-corrected chi connectivity index (χ3v) is 4.57. The standard InChI is InChI=1S/C21H24F2N6/c1-3-16(26-11-15-6-4-5-7-17(15)22)10-19(24)20-27-12-18(23)21(28-20)29-9-8-25-14(2)13-29/h4-7,10,12,24-26H,2-3,8-9,11,13H2,1H3/b16-10-,24-19?. The Hall–Kier alpha value is -3.29. The first-order chi connectivity index (χ1) is 14.0. The van der Waals surface area contributed by atoms with Gasteiger partial charge in [0.25, 0.3) is 0 Å². The molecule has 1 aliphatic heterocycles. The normalized spacial score (nSPS) is 14.5. The second kappa shape index (κ2) is 9.27. The van der Waals surface area contributed by atoms with Crippen molar-refractivity contribution < 1.29 is 8.78 Å². The van der Waals surface area contributed by atoms with Crippen LogP contribution in [-0.4, -0.2) is 35.3 Å². The lowest BCUT2D eigenvalue weighted by atomic mass is 10.2. The summed E-state index contributed by atoms with van der Waals surface area (Å²) in [7, 11) is 0. The number of benzene rings is 1. The van der Waals surface area contributed by atoms with E-state index in [1.54, 1.807) is 29.2 Å². The number of hydrogen-bond donors (Lipinski definition) is 3. The molecule has 1 aromatic heterocycles. The van der Waals surface area contributed by atoms with Crippen LogP contribution in [0.25, 0.3) is 0 Å². The van der Waals surface area contributed by atoms with Gasteiger partial charge in [0, 0.05) is 36.6 Å². The second-order valence-electron chi connectivity index (χ2n) is 6.70. The van der Waals surface area contributed by atoms with Crippen molar-refractivity contribution >= 4 is 11.5 Å². The number of rotatable bonds is 7. The molecule has 3 rings (SSSR count). The third-order valence-electron chi connectivity index (χ3n) is 4.57. The van der Waals surface area contributed by atoms with E-state index in [9.17, 15) is 8.78 Å². The minimum absolute atomic E-state index is 0.0538. The van der Waals surface area contributed by atoms with Crippen molar-refractivity contribution in [3.05, 3.63) is 77.5 Å². The summed E-state index contributed by atoms with van der Waals surface area (Å²) < 4.78 is 28.1. The lowest BCUT2D eigenvalue weighted by Gasteiger charge is -2.30. The summed E-state index contributed by atoms with van der Waals surface area (Å²) in [4.78, 5) is 10.0. The molecule has 1 aromatic carbocycles. The molecule has 0 bridgehead atoms. The third kappa shape index (κ3) is 5.16. The van der Waals surface area contributed by atoms with E-state index in [1.807, 2.05) is 6.92 Å². The van der Waals surface area contributed by atoms with Crippen molar-refractivity contribution in [3.63, 3.8) is 0 Å². The smallest absolute Gasteiger partial charge is 0.183 e. The molecule has 0 radical (unpaired) electrons. The highest BCUT2D eigenvalue weighted by Gasteiger charge is 2.19. The molecule has 29 heavy (non-hydrogen) atoms. The van der Waals surface area contributed by atoms with Crippen molar-refractivity contribution in [2.75, 3.05) is 24.5 Å². The molecule has 2 aromatic rings. The zero-order valence-electron chi connectivity index (χ0n) is 16.3. The summed E-state index contributed by atoms with van der Waals surface area (Å²) in [6.45, 7) is 7.78. The SMILES string of the molecule is C=C1CN(c2nc(C(=N)/C=C(/CC)NCc3ccccc3F)ncc2F)CCN1. The van der Waals surface area contributed by atoms with E-state index in [2.05, 4.69) is 27.2 Å². The highest BCUT2D eigenvalue weighted by atomic mass is 19.1. The van der Waals surface area contributed by atoms with Crippen LogP contribution in [0.15, 0.2) is 54.5 Å². The highest BCUT2D eigenvalue weighted by Crippen LogP contribution is 2.18. The fraction of sp³-hybridized carbons (Fsp3) is 0.286. The van der Waals surface area contributed by atoms with Gasteiger partial charge in [-0.15, -0.1) is 0 Å². The molecule has 0 aliphatic carbocycles. The zero-order chi connectivity index (χ0) is 20.8. The van der Waals surface area contributed by atoms with E-state index in [-0.39, 0.29) is 23.2 Å². The Bertz CT molecular complexity index is 941. The maximum atomic E-state index is 14.3. The fourth-order valence-corrected chi connectivity index (χ4v) is 2.99. The van der Waals surface area contributed by atoms with Gasteiger partial charge in [-0.25, -0.2) is 18.7 Å². The summed E-state index contributed by atoms with van der Waals surface area (Å²) >= 11 is 0. The van der Waals surface area contributed by atoms with Gasteiger partial charge in [-0.05, 0) is 18.6 Å². The Kier molecular flexibility index (Phi) is 6.54. The molecule has 152 valence electrons. The number of piperazine rings is 1. The largest absolute Gasteiger partial charge is 0.386 e. The van der Waals surface area contributed by atoms with Crippen LogP contribution in [0.4, 0.5) is 14.6 Å². The van der Waals surface area contributed by atoms with Gasteiger partial charge in [-0.3, -0.25) is 5.41 Å². The molecule has 0 unspecified atom stereocenters. The predicted octanol–water partition coefficient (Wildman–Crippen LogP) is 3.13. The Balaban J connectivity index is 1.75. The first kappa shape index (κ1) is 20.4. The summed E-state index contributed by atoms with van der Waals surface area (Å²) in [5, 5.41) is 14.6. The number of nitrogens with zero attached hydrogens (tertiary/aromatic N) is 3. The molecular weight excluding hydrogens is 374 g/mol. The van der Waals surface area contributed by atoms with Crippen molar-refractivity contribution in [3.8, 4) is 0 Å². The van der Waals surface area contributed by atoms with E-state index >= 15 is 0 Å². The van der Waals surface area contributed by atoms with Crippen molar-refractivity contribution in [2.24, 2.45) is 0 Å². The van der Waals surface area contributed by atoms with Gasteiger partial charge in [0.2, 0.25) is 0 Å². The molecule has 1 aliphatic rings. The molecule has 0 amide bonds. The predicted molar refractivity (Wildman–Crippen MR) is 110 cm³/mol. The molecular formula is C21H24F2N6. The Morgan fingerprint density at radius 1 is 1.34 bits per heavy atom. The average Bonchev–Trinajstić information content (AvgIpc) is 2.72. The molecule has 3 N–H and O–H groups in total. The van der Waals surface area contributed by atoms with Gasteiger partial charge >= 0.3 is 0 Å². The fourth-order valence-electron chi connectivity index (χ4n) is 2.99. The molecule has 2 heterocycles. The lowest BCUT2D eigenvalue weighted by molar-refractivity contribution is 0.586. The molecule has 8 heteroatoms. The minimum atomic E-state index is -0.534. The van der Waals surface area contributed by atoms with E-state index in [4.69, 9.17) is 5.41 Å². The van der Waals surface area contributed by atoms with Crippen LogP contribution in [0, 0.1) is 17.0 Å². The van der Waals surface area contributed by atoms with Crippen LogP contribution in [0.1, 0.15) is 24.7 Å². The molecule has 1 saturated heterocycles. The van der Waals surface area contributed by atoms with Crippen molar-refractivity contribution in [1.82, 2.24) is 20.6 Å². The van der Waals surface area contributed by atoms with Gasteiger partial charge < -0.3 is 15.5 Å². The number of anilines is 1. The monoisotopic (exact) mass is 398 g/mol. The van der Waals surface area contributed by atoms with Crippen LogP contribution in [0.5, 0.6) is 0 Å². The molecule has 1 fully saturated rings. The van der Waals surface area contributed by atoms with Gasteiger partial charge in [-0.2, -0.15) is 0 Å². The molecule has 6 nitrogen and oxygen atoms in total. The zero-order valence-corrected chi connectivity index (χ0v) is 16.3. The summed E-state index contributed by atoms with van der Waals surface area (Å²) in [5.41, 5.74) is 2.12. The van der Waals surface area contributed by atoms with Crippen LogP contribution in [0.3, 0.4) is 0 Å². The van der Waals surface area contributed by atoms with Gasteiger partial charge in [0.1, 0.15) is 11.5 Å².